The van der Waals surface area contributed by atoms with Gasteiger partial charge in [-0.3, -0.25) is 0 Å². The minimum atomic E-state index is -0.160. The molecule has 2 heteroatoms. The normalized spacial score (nSPS) is 18.2. The van der Waals surface area contributed by atoms with Gasteiger partial charge in [0.2, 0.25) is 0 Å². The monoisotopic (exact) mass is 193 g/mol. The summed E-state index contributed by atoms with van der Waals surface area (Å²) in [5, 5.41) is 0. The molecule has 0 saturated carbocycles. The number of nitrogens with two attached hydrogens (primary N) is 1. The molecule has 1 aliphatic rings. The molecule has 2 N–H and O–H groups in total. The molecular formula is C12H16FN. The molecule has 0 aromatic heterocycles. The molecule has 1 nitrogen and oxygen atoms in total. The van der Waals surface area contributed by atoms with Crippen molar-refractivity contribution in [3.05, 3.63) is 47.0 Å². The standard InChI is InChI=1S/C12H16FN/c1-3-4-5-10-7-12(14)8-11(13)6-9(10)2/h3-4,6-7H,5,8,14H2,1-2H3/b4-3-. The molecule has 0 heterocycles. The Kier molecular flexibility index (Phi) is 3.69. The Hall–Kier alpha value is -1.31. The molecule has 0 radical (unpaired) electrons. The van der Waals surface area contributed by atoms with Gasteiger partial charge in [0.25, 0.3) is 0 Å². The summed E-state index contributed by atoms with van der Waals surface area (Å²) < 4.78 is 13.1. The van der Waals surface area contributed by atoms with E-state index >= 15 is 0 Å². The van der Waals surface area contributed by atoms with Crippen molar-refractivity contribution in [3.8, 4) is 0 Å². The third-order valence-corrected chi connectivity index (χ3v) is 2.19. The van der Waals surface area contributed by atoms with Crippen LogP contribution >= 0.6 is 0 Å². The van der Waals surface area contributed by atoms with E-state index in [-0.39, 0.29) is 12.2 Å². The third kappa shape index (κ3) is 2.87. The van der Waals surface area contributed by atoms with Crippen LogP contribution in [0.3, 0.4) is 0 Å². The van der Waals surface area contributed by atoms with Crippen molar-refractivity contribution in [1.29, 1.82) is 0 Å². The van der Waals surface area contributed by atoms with Gasteiger partial charge >= 0.3 is 0 Å². The van der Waals surface area contributed by atoms with E-state index in [1.54, 1.807) is 6.08 Å². The van der Waals surface area contributed by atoms with Crippen molar-refractivity contribution in [2.45, 2.75) is 26.7 Å². The van der Waals surface area contributed by atoms with E-state index < -0.39 is 0 Å². The van der Waals surface area contributed by atoms with Gasteiger partial charge in [0.15, 0.2) is 0 Å². The second-order valence-corrected chi connectivity index (χ2v) is 3.47. The summed E-state index contributed by atoms with van der Waals surface area (Å²) in [4.78, 5) is 0. The SMILES string of the molecule is C/C=C\CC1=C(C)C=C(F)CC(N)=C1. The van der Waals surface area contributed by atoms with Gasteiger partial charge in [-0.15, -0.1) is 0 Å². The fraction of sp³-hybridized carbons (Fsp3) is 0.333. The van der Waals surface area contributed by atoms with Crippen LogP contribution in [0.2, 0.25) is 0 Å². The lowest BCUT2D eigenvalue weighted by atomic mass is 10.1. The topological polar surface area (TPSA) is 26.0 Å². The highest BCUT2D eigenvalue weighted by atomic mass is 19.1. The van der Waals surface area contributed by atoms with E-state index in [0.717, 1.165) is 17.6 Å². The van der Waals surface area contributed by atoms with Gasteiger partial charge < -0.3 is 5.73 Å². The Morgan fingerprint density at radius 2 is 2.21 bits per heavy atom. The molecule has 14 heavy (non-hydrogen) atoms. The molecule has 0 aromatic rings. The van der Waals surface area contributed by atoms with Gasteiger partial charge in [0.05, 0.1) is 0 Å². The van der Waals surface area contributed by atoms with Crippen LogP contribution in [0.4, 0.5) is 4.39 Å². The molecule has 0 atom stereocenters. The zero-order valence-electron chi connectivity index (χ0n) is 8.68. The predicted molar refractivity (Wildman–Crippen MR) is 58.2 cm³/mol. The molecule has 0 aliphatic heterocycles. The van der Waals surface area contributed by atoms with Crippen molar-refractivity contribution in [2.75, 3.05) is 0 Å². The second kappa shape index (κ2) is 4.80. The van der Waals surface area contributed by atoms with Crippen molar-refractivity contribution < 1.29 is 4.39 Å². The summed E-state index contributed by atoms with van der Waals surface area (Å²) in [6.07, 6.45) is 8.51. The Morgan fingerprint density at radius 3 is 2.86 bits per heavy atom. The lowest BCUT2D eigenvalue weighted by Crippen LogP contribution is -1.96. The largest absolute Gasteiger partial charge is 0.402 e. The Bertz CT molecular complexity index is 332. The van der Waals surface area contributed by atoms with Crippen molar-refractivity contribution in [2.24, 2.45) is 5.73 Å². The van der Waals surface area contributed by atoms with E-state index in [0.29, 0.717) is 5.70 Å². The summed E-state index contributed by atoms with van der Waals surface area (Å²) in [6, 6.07) is 0. The first-order chi connectivity index (χ1) is 6.63. The highest BCUT2D eigenvalue weighted by molar-refractivity contribution is 5.39. The molecule has 1 rings (SSSR count). The molecule has 1 aliphatic carbocycles. The number of rotatable bonds is 2. The Morgan fingerprint density at radius 1 is 1.50 bits per heavy atom. The van der Waals surface area contributed by atoms with Crippen LogP contribution in [-0.4, -0.2) is 0 Å². The van der Waals surface area contributed by atoms with Gasteiger partial charge in [0, 0.05) is 12.1 Å². The van der Waals surface area contributed by atoms with Crippen LogP contribution < -0.4 is 5.73 Å². The average molecular weight is 193 g/mol. The second-order valence-electron chi connectivity index (χ2n) is 3.47. The van der Waals surface area contributed by atoms with Gasteiger partial charge in [-0.2, -0.15) is 0 Å². The van der Waals surface area contributed by atoms with E-state index in [9.17, 15) is 4.39 Å². The maximum atomic E-state index is 13.1. The quantitative estimate of drug-likeness (QED) is 0.668. The van der Waals surface area contributed by atoms with E-state index in [2.05, 4.69) is 0 Å². The fourth-order valence-electron chi connectivity index (χ4n) is 1.43. The van der Waals surface area contributed by atoms with Crippen LogP contribution in [0, 0.1) is 0 Å². The maximum Gasteiger partial charge on any atom is 0.106 e. The molecule has 0 amide bonds. The van der Waals surface area contributed by atoms with Gasteiger partial charge in [-0.05, 0) is 43.6 Å². The lowest BCUT2D eigenvalue weighted by molar-refractivity contribution is 0.609. The summed E-state index contributed by atoms with van der Waals surface area (Å²) in [5.41, 5.74) is 8.31. The summed E-state index contributed by atoms with van der Waals surface area (Å²) >= 11 is 0. The highest BCUT2D eigenvalue weighted by Gasteiger charge is 2.06. The Balaban J connectivity index is 2.98. The molecular weight excluding hydrogens is 177 g/mol. The summed E-state index contributed by atoms with van der Waals surface area (Å²) in [6.45, 7) is 3.88. The minimum Gasteiger partial charge on any atom is -0.402 e. The first kappa shape index (κ1) is 10.8. The number of halogens is 1. The van der Waals surface area contributed by atoms with Gasteiger partial charge in [0.1, 0.15) is 5.83 Å². The molecule has 0 saturated heterocycles. The highest BCUT2D eigenvalue weighted by Crippen LogP contribution is 2.22. The molecule has 76 valence electrons. The van der Waals surface area contributed by atoms with Crippen LogP contribution in [-0.2, 0) is 0 Å². The molecule has 0 bridgehead atoms. The predicted octanol–water partition coefficient (Wildman–Crippen LogP) is 3.37. The zero-order valence-corrected chi connectivity index (χ0v) is 8.68. The number of hydrogen-bond donors (Lipinski definition) is 1. The van der Waals surface area contributed by atoms with Crippen LogP contribution in [0.1, 0.15) is 26.7 Å². The van der Waals surface area contributed by atoms with Crippen molar-refractivity contribution in [3.63, 3.8) is 0 Å². The zero-order chi connectivity index (χ0) is 10.6. The van der Waals surface area contributed by atoms with E-state index in [1.807, 2.05) is 32.1 Å². The van der Waals surface area contributed by atoms with Crippen molar-refractivity contribution >= 4 is 0 Å². The fourth-order valence-corrected chi connectivity index (χ4v) is 1.43. The van der Waals surface area contributed by atoms with Crippen LogP contribution in [0.15, 0.2) is 47.0 Å². The number of hydrogen-bond acceptors (Lipinski definition) is 1. The first-order valence-electron chi connectivity index (χ1n) is 4.76. The maximum absolute atomic E-state index is 13.1. The Labute approximate surface area is 84.5 Å². The molecule has 0 aromatic carbocycles. The minimum absolute atomic E-state index is 0.160. The molecule has 0 unspecified atom stereocenters. The molecule has 0 spiro atoms. The third-order valence-electron chi connectivity index (χ3n) is 2.19. The summed E-state index contributed by atoms with van der Waals surface area (Å²) in [7, 11) is 0. The number of allylic oxidation sites excluding steroid dienone is 7. The lowest BCUT2D eigenvalue weighted by Gasteiger charge is -2.01. The molecule has 0 fully saturated rings. The van der Waals surface area contributed by atoms with Crippen LogP contribution in [0.5, 0.6) is 0 Å². The smallest absolute Gasteiger partial charge is 0.106 e. The van der Waals surface area contributed by atoms with Gasteiger partial charge in [-0.25, -0.2) is 4.39 Å². The summed E-state index contributed by atoms with van der Waals surface area (Å²) in [5.74, 6) is -0.160. The van der Waals surface area contributed by atoms with Crippen LogP contribution in [0.25, 0.3) is 0 Å². The van der Waals surface area contributed by atoms with Gasteiger partial charge in [-0.1, -0.05) is 12.2 Å². The average Bonchev–Trinajstić information content (AvgIpc) is 2.21. The van der Waals surface area contributed by atoms with E-state index in [1.165, 1.54) is 0 Å². The van der Waals surface area contributed by atoms with E-state index in [4.69, 9.17) is 5.73 Å². The first-order valence-corrected chi connectivity index (χ1v) is 4.76. The van der Waals surface area contributed by atoms with Crippen molar-refractivity contribution in [1.82, 2.24) is 0 Å².